The number of hydrogen-bond acceptors (Lipinski definition) is 2. The maximum Gasteiger partial charge on any atom is 0.230 e. The van der Waals surface area contributed by atoms with Crippen LogP contribution < -0.4 is 0 Å². The van der Waals surface area contributed by atoms with Crippen LogP contribution >= 0.6 is 0 Å². The average molecular weight is 333 g/mol. The van der Waals surface area contributed by atoms with Crippen LogP contribution in [0.25, 0.3) is 11.0 Å². The molecule has 1 saturated heterocycles. The summed E-state index contributed by atoms with van der Waals surface area (Å²) in [5, 5.41) is 1.18. The molecule has 2 unspecified atom stereocenters. The molecule has 3 aromatic rings. The maximum atomic E-state index is 13.1. The number of amides is 1. The number of pyridine rings is 1. The highest BCUT2D eigenvalue weighted by atomic mass is 16.2. The molecule has 0 saturated carbocycles. The zero-order chi connectivity index (χ0) is 17.2. The van der Waals surface area contributed by atoms with E-state index < -0.39 is 0 Å². The van der Waals surface area contributed by atoms with Crippen molar-refractivity contribution in [1.29, 1.82) is 0 Å². The summed E-state index contributed by atoms with van der Waals surface area (Å²) in [4.78, 5) is 22.7. The zero-order valence-corrected chi connectivity index (χ0v) is 14.5. The van der Waals surface area contributed by atoms with E-state index in [-0.39, 0.29) is 11.8 Å². The highest BCUT2D eigenvalue weighted by Crippen LogP contribution is 2.33. The molecule has 1 fully saturated rings. The molecule has 4 rings (SSSR count). The first-order valence-electron chi connectivity index (χ1n) is 9.03. The van der Waals surface area contributed by atoms with Crippen LogP contribution in [0, 0.1) is 0 Å². The van der Waals surface area contributed by atoms with Crippen LogP contribution in [-0.2, 0) is 4.79 Å². The number of fused-ring (bicyclic) bond motifs is 1. The van der Waals surface area contributed by atoms with Crippen molar-refractivity contribution in [2.45, 2.75) is 31.6 Å². The third-order valence-corrected chi connectivity index (χ3v) is 5.33. The summed E-state index contributed by atoms with van der Waals surface area (Å²) in [6.07, 6.45) is 5.71. The summed E-state index contributed by atoms with van der Waals surface area (Å²) in [6.45, 7) is 3.72. The number of carbonyl (C=O) groups is 1. The Balaban J connectivity index is 1.53. The minimum atomic E-state index is -0.0374. The molecule has 0 radical (unpaired) electrons. The largest absolute Gasteiger partial charge is 0.346 e. The maximum absolute atomic E-state index is 13.1. The average Bonchev–Trinajstić information content (AvgIpc) is 3.30. The van der Waals surface area contributed by atoms with Gasteiger partial charge in [0.1, 0.15) is 5.65 Å². The molecule has 0 bridgehead atoms. The van der Waals surface area contributed by atoms with E-state index in [4.69, 9.17) is 0 Å². The number of H-pyrrole nitrogens is 1. The fraction of sp³-hybridized carbons (Fsp3) is 0.333. The van der Waals surface area contributed by atoms with Crippen LogP contribution in [0.3, 0.4) is 0 Å². The first-order valence-corrected chi connectivity index (χ1v) is 9.03. The summed E-state index contributed by atoms with van der Waals surface area (Å²) in [5.41, 5.74) is 3.33. The first kappa shape index (κ1) is 15.9. The first-order chi connectivity index (χ1) is 12.3. The molecule has 1 aromatic carbocycles. The van der Waals surface area contributed by atoms with E-state index in [2.05, 4.69) is 41.3 Å². The van der Waals surface area contributed by atoms with Crippen LogP contribution in [-0.4, -0.2) is 33.9 Å². The van der Waals surface area contributed by atoms with Crippen LogP contribution in [0.15, 0.2) is 54.9 Å². The number of benzene rings is 1. The van der Waals surface area contributed by atoms with Crippen molar-refractivity contribution in [1.82, 2.24) is 14.9 Å². The number of carbonyl (C=O) groups excluding carboxylic acids is 1. The quantitative estimate of drug-likeness (QED) is 0.782. The van der Waals surface area contributed by atoms with E-state index in [9.17, 15) is 4.79 Å². The topological polar surface area (TPSA) is 49.0 Å². The molecule has 2 atom stereocenters. The normalized spacial score (nSPS) is 18.6. The number of aromatic amines is 1. The Labute approximate surface area is 147 Å². The van der Waals surface area contributed by atoms with Gasteiger partial charge in [-0.1, -0.05) is 37.3 Å². The lowest BCUT2D eigenvalue weighted by atomic mass is 9.95. The van der Waals surface area contributed by atoms with Crippen molar-refractivity contribution in [3.63, 3.8) is 0 Å². The van der Waals surface area contributed by atoms with E-state index in [0.717, 1.165) is 37.1 Å². The van der Waals surface area contributed by atoms with Gasteiger partial charge in [-0.15, -0.1) is 0 Å². The van der Waals surface area contributed by atoms with Gasteiger partial charge in [-0.2, -0.15) is 0 Å². The summed E-state index contributed by atoms with van der Waals surface area (Å²) in [7, 11) is 0. The molecule has 1 amide bonds. The van der Waals surface area contributed by atoms with Crippen LogP contribution in [0.4, 0.5) is 0 Å². The molecule has 0 aliphatic carbocycles. The fourth-order valence-corrected chi connectivity index (χ4v) is 3.99. The third-order valence-electron chi connectivity index (χ3n) is 5.33. The molecule has 1 aliphatic heterocycles. The van der Waals surface area contributed by atoms with E-state index in [1.807, 2.05) is 29.2 Å². The molecule has 2 aromatic heterocycles. The molecule has 4 nitrogen and oxygen atoms in total. The smallest absolute Gasteiger partial charge is 0.230 e. The molecule has 25 heavy (non-hydrogen) atoms. The van der Waals surface area contributed by atoms with Crippen molar-refractivity contribution < 1.29 is 4.79 Å². The van der Waals surface area contributed by atoms with Crippen LogP contribution in [0.5, 0.6) is 0 Å². The minimum absolute atomic E-state index is 0.0374. The Kier molecular flexibility index (Phi) is 4.26. The monoisotopic (exact) mass is 333 g/mol. The molecular weight excluding hydrogens is 310 g/mol. The predicted octanol–water partition coefficient (Wildman–Crippen LogP) is 4.07. The van der Waals surface area contributed by atoms with Gasteiger partial charge in [-0.3, -0.25) is 4.79 Å². The lowest BCUT2D eigenvalue weighted by Crippen LogP contribution is -2.33. The third kappa shape index (κ3) is 2.93. The predicted molar refractivity (Wildman–Crippen MR) is 99.5 cm³/mol. The Morgan fingerprint density at radius 1 is 1.28 bits per heavy atom. The van der Waals surface area contributed by atoms with Gasteiger partial charge >= 0.3 is 0 Å². The van der Waals surface area contributed by atoms with E-state index in [1.54, 1.807) is 6.20 Å². The standard InChI is InChI=1S/C21H23N3O/c1-2-17(15-7-4-3-5-8-15)21(25)24-12-10-16(14-24)19-13-23-20-18(19)9-6-11-22-20/h3-9,11,13,16-17H,2,10,12,14H2,1H3,(H,22,23). The van der Waals surface area contributed by atoms with E-state index in [1.165, 1.54) is 10.9 Å². The molecule has 0 spiro atoms. The van der Waals surface area contributed by atoms with Crippen LogP contribution in [0.1, 0.15) is 42.7 Å². The Morgan fingerprint density at radius 3 is 2.92 bits per heavy atom. The highest BCUT2D eigenvalue weighted by Gasteiger charge is 2.32. The molecular formula is C21H23N3O. The van der Waals surface area contributed by atoms with Crippen molar-refractivity contribution in [2.75, 3.05) is 13.1 Å². The number of likely N-dealkylation sites (tertiary alicyclic amines) is 1. The fourth-order valence-electron chi connectivity index (χ4n) is 3.99. The van der Waals surface area contributed by atoms with Gasteiger partial charge in [-0.05, 0) is 36.1 Å². The Morgan fingerprint density at radius 2 is 2.12 bits per heavy atom. The van der Waals surface area contributed by atoms with Gasteiger partial charge in [0.25, 0.3) is 0 Å². The summed E-state index contributed by atoms with van der Waals surface area (Å²) < 4.78 is 0. The molecule has 1 N–H and O–H groups in total. The van der Waals surface area contributed by atoms with Crippen LogP contribution in [0.2, 0.25) is 0 Å². The minimum Gasteiger partial charge on any atom is -0.346 e. The van der Waals surface area contributed by atoms with Gasteiger partial charge in [0.05, 0.1) is 5.92 Å². The second-order valence-electron chi connectivity index (χ2n) is 6.78. The van der Waals surface area contributed by atoms with E-state index in [0.29, 0.717) is 5.92 Å². The van der Waals surface area contributed by atoms with Gasteiger partial charge < -0.3 is 9.88 Å². The summed E-state index contributed by atoms with van der Waals surface area (Å²) in [6, 6.07) is 14.2. The van der Waals surface area contributed by atoms with Gasteiger partial charge in [0.2, 0.25) is 5.91 Å². The number of aromatic nitrogens is 2. The van der Waals surface area contributed by atoms with Crippen molar-refractivity contribution in [2.24, 2.45) is 0 Å². The molecule has 3 heterocycles. The van der Waals surface area contributed by atoms with Gasteiger partial charge in [-0.25, -0.2) is 4.98 Å². The molecule has 1 aliphatic rings. The van der Waals surface area contributed by atoms with Gasteiger partial charge in [0, 0.05) is 36.8 Å². The number of rotatable bonds is 4. The SMILES string of the molecule is CCC(C(=O)N1CCC(c2c[nH]c3ncccc23)C1)c1ccccc1. The molecule has 128 valence electrons. The number of nitrogens with zero attached hydrogens (tertiary/aromatic N) is 2. The van der Waals surface area contributed by atoms with Crippen molar-refractivity contribution in [3.05, 3.63) is 66.0 Å². The van der Waals surface area contributed by atoms with Crippen molar-refractivity contribution in [3.8, 4) is 0 Å². The number of hydrogen-bond donors (Lipinski definition) is 1. The van der Waals surface area contributed by atoms with E-state index >= 15 is 0 Å². The Hall–Kier alpha value is -2.62. The second-order valence-corrected chi connectivity index (χ2v) is 6.78. The van der Waals surface area contributed by atoms with Crippen molar-refractivity contribution >= 4 is 16.9 Å². The molecule has 4 heteroatoms. The summed E-state index contributed by atoms with van der Waals surface area (Å²) >= 11 is 0. The van der Waals surface area contributed by atoms with Gasteiger partial charge in [0.15, 0.2) is 0 Å². The lowest BCUT2D eigenvalue weighted by Gasteiger charge is -2.23. The number of nitrogens with one attached hydrogen (secondary N) is 1. The lowest BCUT2D eigenvalue weighted by molar-refractivity contribution is -0.131. The second kappa shape index (κ2) is 6.71. The Bertz CT molecular complexity index is 871. The highest BCUT2D eigenvalue weighted by molar-refractivity contribution is 5.84. The zero-order valence-electron chi connectivity index (χ0n) is 14.5. The summed E-state index contributed by atoms with van der Waals surface area (Å²) in [5.74, 6) is 0.605.